The minimum absolute atomic E-state index is 0.0491. The summed E-state index contributed by atoms with van der Waals surface area (Å²) in [6, 6.07) is 0. The number of alkyl halides is 3. The van der Waals surface area contributed by atoms with Crippen molar-refractivity contribution in [3.8, 4) is 0 Å². The second kappa shape index (κ2) is 6.59. The summed E-state index contributed by atoms with van der Waals surface area (Å²) in [7, 11) is -0.563. The number of hydrogen-bond acceptors (Lipinski definition) is 3. The molecule has 1 aliphatic heterocycles. The Balaban J connectivity index is 2.56. The zero-order valence-electron chi connectivity index (χ0n) is 12.0. The van der Waals surface area contributed by atoms with Crippen LogP contribution in [-0.2, 0) is 10.2 Å². The summed E-state index contributed by atoms with van der Waals surface area (Å²) in [6.07, 6.45) is -3.62. The Hall–Kier alpha value is -0.380. The van der Waals surface area contributed by atoms with Gasteiger partial charge in [0.1, 0.15) is 0 Å². The molecule has 20 heavy (non-hydrogen) atoms. The highest BCUT2D eigenvalue weighted by atomic mass is 32.2. The molecule has 0 saturated carbocycles. The van der Waals surface area contributed by atoms with Gasteiger partial charge >= 0.3 is 6.18 Å². The lowest BCUT2D eigenvalue weighted by Crippen LogP contribution is -2.40. The summed E-state index contributed by atoms with van der Waals surface area (Å²) in [5.41, 5.74) is 0. The van der Waals surface area contributed by atoms with Crippen LogP contribution in [0.5, 0.6) is 0 Å². The van der Waals surface area contributed by atoms with E-state index in [0.717, 1.165) is 4.31 Å². The van der Waals surface area contributed by atoms with E-state index in [1.807, 2.05) is 0 Å². The summed E-state index contributed by atoms with van der Waals surface area (Å²) < 4.78 is 63.5. The molecular formula is C11H22F3N3O2S. The maximum absolute atomic E-state index is 12.4. The molecule has 0 aromatic carbocycles. The highest BCUT2D eigenvalue weighted by molar-refractivity contribution is 7.86. The predicted octanol–water partition coefficient (Wildman–Crippen LogP) is 0.999. The third kappa shape index (κ3) is 4.87. The Morgan fingerprint density at radius 1 is 1.30 bits per heavy atom. The van der Waals surface area contributed by atoms with E-state index in [1.54, 1.807) is 6.92 Å². The van der Waals surface area contributed by atoms with Crippen LogP contribution in [0.15, 0.2) is 0 Å². The van der Waals surface area contributed by atoms with E-state index < -0.39 is 22.9 Å². The molecule has 0 bridgehead atoms. The first kappa shape index (κ1) is 17.7. The summed E-state index contributed by atoms with van der Waals surface area (Å²) in [5, 5.41) is 0. The van der Waals surface area contributed by atoms with Crippen molar-refractivity contribution in [2.75, 3.05) is 46.8 Å². The lowest BCUT2D eigenvalue weighted by atomic mass is 10.1. The second-order valence-electron chi connectivity index (χ2n) is 5.25. The van der Waals surface area contributed by atoms with E-state index in [4.69, 9.17) is 0 Å². The van der Waals surface area contributed by atoms with Gasteiger partial charge in [-0.2, -0.15) is 30.2 Å². The first-order valence-electron chi connectivity index (χ1n) is 6.53. The molecule has 0 spiro atoms. The first-order valence-corrected chi connectivity index (χ1v) is 7.92. The third-order valence-electron chi connectivity index (χ3n) is 3.40. The molecule has 9 heteroatoms. The average Bonchev–Trinajstić information content (AvgIpc) is 2.75. The van der Waals surface area contributed by atoms with Crippen LogP contribution in [0, 0.1) is 5.92 Å². The molecule has 1 atom stereocenters. The molecule has 0 aliphatic carbocycles. The van der Waals surface area contributed by atoms with Gasteiger partial charge in [0.05, 0.1) is 6.54 Å². The Labute approximate surface area is 118 Å². The van der Waals surface area contributed by atoms with E-state index in [2.05, 4.69) is 0 Å². The zero-order chi connectivity index (χ0) is 15.6. The first-order chi connectivity index (χ1) is 9.06. The molecule has 0 aromatic rings. The maximum atomic E-state index is 12.4. The van der Waals surface area contributed by atoms with Gasteiger partial charge in [-0.25, -0.2) is 0 Å². The van der Waals surface area contributed by atoms with E-state index in [9.17, 15) is 21.6 Å². The molecule has 0 radical (unpaired) electrons. The monoisotopic (exact) mass is 317 g/mol. The molecule has 0 aromatic heterocycles. The maximum Gasteiger partial charge on any atom is 0.401 e. The van der Waals surface area contributed by atoms with E-state index >= 15 is 0 Å². The SMILES string of the molecule is CCN(C[C@@H]1CCN(S(=O)(=O)N(C)C)C1)CC(F)(F)F. The summed E-state index contributed by atoms with van der Waals surface area (Å²) in [4.78, 5) is 1.32. The topological polar surface area (TPSA) is 43.9 Å². The van der Waals surface area contributed by atoms with Crippen molar-refractivity contribution in [3.63, 3.8) is 0 Å². The van der Waals surface area contributed by atoms with Crippen LogP contribution < -0.4 is 0 Å². The van der Waals surface area contributed by atoms with Crippen LogP contribution in [0.2, 0.25) is 0 Å². The van der Waals surface area contributed by atoms with Gasteiger partial charge < -0.3 is 0 Å². The van der Waals surface area contributed by atoms with Gasteiger partial charge in [0.2, 0.25) is 0 Å². The fraction of sp³-hybridized carbons (Fsp3) is 1.00. The van der Waals surface area contributed by atoms with E-state index in [0.29, 0.717) is 19.5 Å². The van der Waals surface area contributed by atoms with Crippen LogP contribution in [0.25, 0.3) is 0 Å². The van der Waals surface area contributed by atoms with Crippen LogP contribution in [0.1, 0.15) is 13.3 Å². The van der Waals surface area contributed by atoms with Gasteiger partial charge in [-0.05, 0) is 18.9 Å². The number of hydrogen-bond donors (Lipinski definition) is 0. The van der Waals surface area contributed by atoms with Crippen LogP contribution in [0.3, 0.4) is 0 Å². The van der Waals surface area contributed by atoms with E-state index in [1.165, 1.54) is 23.3 Å². The Morgan fingerprint density at radius 2 is 1.90 bits per heavy atom. The van der Waals surface area contributed by atoms with Gasteiger partial charge in [0.25, 0.3) is 10.2 Å². The van der Waals surface area contributed by atoms with Gasteiger partial charge in [-0.15, -0.1) is 0 Å². The van der Waals surface area contributed by atoms with E-state index in [-0.39, 0.29) is 19.0 Å². The molecule has 5 nitrogen and oxygen atoms in total. The molecule has 0 N–H and O–H groups in total. The molecule has 1 saturated heterocycles. The predicted molar refractivity (Wildman–Crippen MR) is 70.5 cm³/mol. The molecular weight excluding hydrogens is 295 g/mol. The number of halogens is 3. The van der Waals surface area contributed by atoms with Gasteiger partial charge in [-0.3, -0.25) is 4.90 Å². The lowest BCUT2D eigenvalue weighted by molar-refractivity contribution is -0.146. The largest absolute Gasteiger partial charge is 0.401 e. The van der Waals surface area contributed by atoms with Crippen molar-refractivity contribution in [3.05, 3.63) is 0 Å². The molecule has 1 rings (SSSR count). The summed E-state index contributed by atoms with van der Waals surface area (Å²) in [5.74, 6) is -0.0491. The lowest BCUT2D eigenvalue weighted by Gasteiger charge is -2.25. The smallest absolute Gasteiger partial charge is 0.295 e. The number of rotatable bonds is 6. The highest BCUT2D eigenvalue weighted by Gasteiger charge is 2.35. The van der Waals surface area contributed by atoms with Crippen LogP contribution in [-0.4, -0.2) is 74.9 Å². The Morgan fingerprint density at radius 3 is 2.35 bits per heavy atom. The van der Waals surface area contributed by atoms with Crippen LogP contribution >= 0.6 is 0 Å². The minimum atomic E-state index is -4.22. The van der Waals surface area contributed by atoms with Gasteiger partial charge in [0.15, 0.2) is 0 Å². The van der Waals surface area contributed by atoms with Crippen molar-refractivity contribution in [1.82, 2.24) is 13.5 Å². The standard InChI is InChI=1S/C11H22F3N3O2S/c1-4-16(9-11(12,13)14)7-10-5-6-17(8-10)20(18,19)15(2)3/h10H,4-9H2,1-3H3/t10-/m0/s1. The van der Waals surface area contributed by atoms with Crippen molar-refractivity contribution < 1.29 is 21.6 Å². The number of nitrogens with zero attached hydrogens (tertiary/aromatic N) is 3. The molecule has 1 fully saturated rings. The normalized spacial score (nSPS) is 22.1. The van der Waals surface area contributed by atoms with Crippen molar-refractivity contribution in [2.24, 2.45) is 5.92 Å². The molecule has 0 amide bonds. The van der Waals surface area contributed by atoms with Gasteiger partial charge in [-0.1, -0.05) is 6.92 Å². The minimum Gasteiger partial charge on any atom is -0.295 e. The molecule has 1 heterocycles. The van der Waals surface area contributed by atoms with Crippen LogP contribution in [0.4, 0.5) is 13.2 Å². The molecule has 120 valence electrons. The third-order valence-corrected chi connectivity index (χ3v) is 5.31. The molecule has 1 aliphatic rings. The average molecular weight is 317 g/mol. The fourth-order valence-electron chi connectivity index (χ4n) is 2.31. The quantitative estimate of drug-likeness (QED) is 0.734. The summed E-state index contributed by atoms with van der Waals surface area (Å²) in [6.45, 7) is 1.96. The van der Waals surface area contributed by atoms with Gasteiger partial charge in [0, 0.05) is 33.7 Å². The Kier molecular flexibility index (Phi) is 5.82. The summed E-state index contributed by atoms with van der Waals surface area (Å²) >= 11 is 0. The van der Waals surface area contributed by atoms with Crippen molar-refractivity contribution in [1.29, 1.82) is 0 Å². The van der Waals surface area contributed by atoms with Crippen molar-refractivity contribution in [2.45, 2.75) is 19.5 Å². The zero-order valence-corrected chi connectivity index (χ0v) is 12.8. The Bertz CT molecular complexity index is 412. The molecule has 0 unspecified atom stereocenters. The second-order valence-corrected chi connectivity index (χ2v) is 7.39. The van der Waals surface area contributed by atoms with Crippen molar-refractivity contribution >= 4 is 10.2 Å². The highest BCUT2D eigenvalue weighted by Crippen LogP contribution is 2.23. The fourth-order valence-corrected chi connectivity index (χ4v) is 3.51.